The Bertz CT molecular complexity index is 2920. The molecule has 2 amide bonds. The van der Waals surface area contributed by atoms with Gasteiger partial charge in [-0.3, -0.25) is 20.3 Å². The van der Waals surface area contributed by atoms with Gasteiger partial charge in [0, 0.05) is 49.3 Å². The number of aliphatic hydroxyl groups is 2. The summed E-state index contributed by atoms with van der Waals surface area (Å²) in [5.41, 5.74) is 3.82. The molecule has 0 bridgehead atoms. The van der Waals surface area contributed by atoms with E-state index >= 15 is 4.79 Å². The summed E-state index contributed by atoms with van der Waals surface area (Å²) in [6.45, 7) is 8.05. The third-order valence-electron chi connectivity index (χ3n) is 14.4. The molecular formula is C59H66N4O13. The van der Waals surface area contributed by atoms with E-state index in [9.17, 15) is 25.1 Å². The Kier molecular flexibility index (Phi) is 18.4. The maximum atomic E-state index is 15.1. The number of hydrogen-bond donors (Lipinski definition) is 3. The molecule has 0 spiro atoms. The molecule has 1 saturated carbocycles. The molecule has 1 fully saturated rings. The van der Waals surface area contributed by atoms with Crippen LogP contribution in [-0.4, -0.2) is 90.4 Å². The van der Waals surface area contributed by atoms with Gasteiger partial charge in [0.15, 0.2) is 0 Å². The maximum absolute atomic E-state index is 15.1. The average Bonchev–Trinajstić information content (AvgIpc) is 3.44. The van der Waals surface area contributed by atoms with Crippen LogP contribution in [0, 0.1) is 27.9 Å². The first kappa shape index (κ1) is 54.5. The zero-order valence-electron chi connectivity index (χ0n) is 43.0. The predicted octanol–water partition coefficient (Wildman–Crippen LogP) is 11.4. The van der Waals surface area contributed by atoms with Crippen LogP contribution in [0.15, 0.2) is 145 Å². The van der Waals surface area contributed by atoms with Gasteiger partial charge in [-0.1, -0.05) is 78.7 Å². The van der Waals surface area contributed by atoms with Crippen LogP contribution in [0.5, 0.6) is 23.0 Å². The first-order valence-corrected chi connectivity index (χ1v) is 25.7. The van der Waals surface area contributed by atoms with Gasteiger partial charge in [0.1, 0.15) is 35.6 Å². The van der Waals surface area contributed by atoms with Gasteiger partial charge in [-0.2, -0.15) is 0 Å². The Morgan fingerprint density at radius 2 is 1.67 bits per heavy atom. The number of benzene rings is 5. The van der Waals surface area contributed by atoms with E-state index in [2.05, 4.69) is 24.6 Å². The van der Waals surface area contributed by atoms with Crippen molar-refractivity contribution in [3.63, 3.8) is 0 Å². The maximum Gasteiger partial charge on any atom is 0.417 e. The van der Waals surface area contributed by atoms with Crippen molar-refractivity contribution in [3.8, 4) is 23.0 Å². The number of hydrogen-bond acceptors (Lipinski definition) is 14. The molecule has 76 heavy (non-hydrogen) atoms. The number of non-ortho nitro benzene ring substituents is 1. The van der Waals surface area contributed by atoms with Gasteiger partial charge < -0.3 is 43.5 Å². The monoisotopic (exact) mass is 1040 g/mol. The van der Waals surface area contributed by atoms with Crippen LogP contribution in [-0.2, 0) is 27.5 Å². The molecule has 0 aromatic heterocycles. The molecule has 6 unspecified atom stereocenters. The summed E-state index contributed by atoms with van der Waals surface area (Å²) in [5, 5.41) is 41.3. The minimum Gasteiger partial charge on any atom is -0.497 e. The Morgan fingerprint density at radius 1 is 0.908 bits per heavy atom. The third-order valence-corrected chi connectivity index (χ3v) is 14.4. The van der Waals surface area contributed by atoms with E-state index in [0.717, 1.165) is 27.5 Å². The molecule has 0 saturated heterocycles. The molecule has 3 N–H and O–H groups in total. The molecule has 5 aromatic rings. The van der Waals surface area contributed by atoms with Crippen LogP contribution in [0.1, 0.15) is 74.0 Å². The Labute approximate surface area is 442 Å². The molecule has 0 radical (unpaired) electrons. The number of unbranched alkanes of at least 4 members (excludes halogenated alkanes) is 2. The van der Waals surface area contributed by atoms with Crippen molar-refractivity contribution >= 4 is 40.0 Å². The molecule has 1 heterocycles. The minimum absolute atomic E-state index is 0.00266. The van der Waals surface area contributed by atoms with Crippen molar-refractivity contribution < 1.29 is 58.0 Å². The van der Waals surface area contributed by atoms with Crippen LogP contribution in [0.4, 0.5) is 21.0 Å². The fourth-order valence-corrected chi connectivity index (χ4v) is 11.0. The highest BCUT2D eigenvalue weighted by molar-refractivity contribution is 6.03. The molecule has 2 aliphatic carbocycles. The molecule has 3 aliphatic rings. The fourth-order valence-electron chi connectivity index (χ4n) is 11.0. The Balaban J connectivity index is 1.32. The third kappa shape index (κ3) is 12.2. The number of oxime groups is 1. The number of rotatable bonds is 25. The van der Waals surface area contributed by atoms with Crippen molar-refractivity contribution in [2.24, 2.45) is 22.9 Å². The van der Waals surface area contributed by atoms with E-state index in [1.165, 1.54) is 26.4 Å². The van der Waals surface area contributed by atoms with Crippen molar-refractivity contribution in [1.29, 1.82) is 0 Å². The average molecular weight is 1040 g/mol. The second kappa shape index (κ2) is 25.7. The van der Waals surface area contributed by atoms with E-state index < -0.39 is 40.8 Å². The number of methoxy groups -OCH3 is 2. The number of nitrogens with zero attached hydrogens (tertiary/aromatic N) is 3. The Morgan fingerprint density at radius 3 is 2.41 bits per heavy atom. The largest absolute Gasteiger partial charge is 0.497 e. The summed E-state index contributed by atoms with van der Waals surface area (Å²) >= 11 is 0. The van der Waals surface area contributed by atoms with Crippen LogP contribution in [0.25, 0.3) is 10.8 Å². The van der Waals surface area contributed by atoms with Crippen LogP contribution >= 0.6 is 0 Å². The minimum atomic E-state index is -1.65. The van der Waals surface area contributed by atoms with Gasteiger partial charge in [0.05, 0.1) is 56.2 Å². The lowest BCUT2D eigenvalue weighted by molar-refractivity contribution is -0.384. The van der Waals surface area contributed by atoms with Crippen LogP contribution < -0.4 is 24.3 Å². The number of ether oxygens (including phenoxy) is 6. The number of aliphatic hydroxyl groups excluding tert-OH is 2. The highest BCUT2D eigenvalue weighted by Crippen LogP contribution is 2.62. The van der Waals surface area contributed by atoms with Gasteiger partial charge in [-0.25, -0.2) is 9.59 Å². The summed E-state index contributed by atoms with van der Waals surface area (Å²) in [6, 6.07) is 29.2. The number of allylic oxidation sites excluding steroid dienone is 1. The topological polar surface area (TPSA) is 210 Å². The van der Waals surface area contributed by atoms with E-state index in [-0.39, 0.29) is 69.3 Å². The number of carbonyl (C=O) groups is 2. The number of carbonyl (C=O) groups excluding carboxylic acids is 2. The second-order valence-electron chi connectivity index (χ2n) is 19.0. The number of nitro groups is 1. The molecule has 5 aromatic carbocycles. The van der Waals surface area contributed by atoms with Gasteiger partial charge >= 0.3 is 12.2 Å². The smallest absolute Gasteiger partial charge is 0.417 e. The summed E-state index contributed by atoms with van der Waals surface area (Å²) < 4.78 is 37.6. The van der Waals surface area contributed by atoms with Gasteiger partial charge in [-0.15, -0.1) is 13.2 Å². The number of anilines is 1. The summed E-state index contributed by atoms with van der Waals surface area (Å²) in [5.74, 6) is -1.49. The van der Waals surface area contributed by atoms with Crippen molar-refractivity contribution in [3.05, 3.63) is 167 Å². The number of amides is 2. The van der Waals surface area contributed by atoms with Crippen LogP contribution in [0.2, 0.25) is 0 Å². The van der Waals surface area contributed by atoms with Gasteiger partial charge in [-0.05, 0) is 114 Å². The van der Waals surface area contributed by atoms with E-state index in [1.807, 2.05) is 48.5 Å². The van der Waals surface area contributed by atoms with Crippen molar-refractivity contribution in [1.82, 2.24) is 4.90 Å². The first-order valence-electron chi connectivity index (χ1n) is 25.7. The Hall–Kier alpha value is -7.73. The summed E-state index contributed by atoms with van der Waals surface area (Å²) in [7, 11) is 3.02. The van der Waals surface area contributed by atoms with E-state index in [1.54, 1.807) is 59.5 Å². The quantitative estimate of drug-likeness (QED) is 0.0215. The van der Waals surface area contributed by atoms with Crippen molar-refractivity contribution in [2.45, 2.75) is 82.3 Å². The molecule has 400 valence electrons. The standard InChI is InChI=1S/C59H66N4O13/c1-5-7-32-72-58(67)62(37-42-18-14-17-40-15-8-9-19-46(40)42)54-36-51(61-74-38-39-21-23-43(24-22-39)63(68)69)48-33-41(16-10-12-29-64)47(20-11-13-30-65)55-49-34-45(26-28-52(49)76-59(54,56(48)55)73-31-6-2)75-57(66)60-50-27-25-44(70-3)35-53(50)71-4/h5-6,8-9,14-15,17-19,21-28,33-35,41,47,54-56,64-65H,1-2,7,10-13,16,20,29-32,36-38H2,3-4H3,(H,60,66). The lowest BCUT2D eigenvalue weighted by atomic mass is 9.55. The lowest BCUT2D eigenvalue weighted by Gasteiger charge is -2.59. The van der Waals surface area contributed by atoms with Crippen molar-refractivity contribution in [2.75, 3.05) is 46.0 Å². The number of nitro benzene ring substituents is 1. The SMILES string of the molecule is C=CCCOC(=O)N(Cc1cccc2ccccc12)C1CC(=NOCc2ccc([N+](=O)[O-])cc2)C2=CC(CCCCO)C(CCCCO)C3c4cc(OC(=O)Nc5ccc(OC)cc5OC)ccc4OC1(OCC=C)C23. The fraction of sp³-hybridized carbons (Fsp3) is 0.373. The number of nitrogens with one attached hydrogen (secondary N) is 1. The van der Waals surface area contributed by atoms with E-state index in [4.69, 9.17) is 38.4 Å². The normalized spacial score (nSPS) is 20.7. The highest BCUT2D eigenvalue weighted by atomic mass is 16.7. The number of fused-ring (bicyclic) bond motifs is 3. The highest BCUT2D eigenvalue weighted by Gasteiger charge is 2.66. The molecular weight excluding hydrogens is 973 g/mol. The van der Waals surface area contributed by atoms with Gasteiger partial charge in [0.2, 0.25) is 5.79 Å². The molecule has 1 aliphatic heterocycles. The zero-order chi connectivity index (χ0) is 53.6. The summed E-state index contributed by atoms with van der Waals surface area (Å²) in [6.07, 6.45) is 8.49. The molecule has 17 heteroatoms. The molecule has 6 atom stereocenters. The summed E-state index contributed by atoms with van der Waals surface area (Å²) in [4.78, 5) is 47.8. The molecule has 17 nitrogen and oxygen atoms in total. The second-order valence-corrected chi connectivity index (χ2v) is 19.0. The van der Waals surface area contributed by atoms with E-state index in [0.29, 0.717) is 79.2 Å². The predicted molar refractivity (Wildman–Crippen MR) is 288 cm³/mol. The first-order chi connectivity index (χ1) is 37.1. The van der Waals surface area contributed by atoms with Crippen LogP contribution in [0.3, 0.4) is 0 Å². The van der Waals surface area contributed by atoms with Gasteiger partial charge in [0.25, 0.3) is 5.69 Å². The lowest BCUT2D eigenvalue weighted by Crippen LogP contribution is -2.70. The molecule has 8 rings (SSSR count). The zero-order valence-corrected chi connectivity index (χ0v) is 43.0.